The van der Waals surface area contributed by atoms with Crippen molar-refractivity contribution in [3.63, 3.8) is 0 Å². The molecule has 0 saturated heterocycles. The standard InChI is InChI=1S/C28H46O2/c1-18(2)8-7-9-19(3)22-10-11-23-26-24(13-15-28(22,23)5)27(4)14-12-21(29)16-20(27)17-25(26)30-6/h7,9,17-19,21-26,29H,8,10-16H2,1-6H3. The summed E-state index contributed by atoms with van der Waals surface area (Å²) in [5, 5.41) is 10.3. The number of hydrogen-bond donors (Lipinski definition) is 1. The summed E-state index contributed by atoms with van der Waals surface area (Å²) < 4.78 is 6.16. The summed E-state index contributed by atoms with van der Waals surface area (Å²) in [6.45, 7) is 12.2. The highest BCUT2D eigenvalue weighted by Crippen LogP contribution is 2.67. The molecule has 0 heterocycles. The Morgan fingerprint density at radius 1 is 1.10 bits per heavy atom. The van der Waals surface area contributed by atoms with Gasteiger partial charge in [0.25, 0.3) is 0 Å². The molecule has 0 radical (unpaired) electrons. The molecule has 0 aliphatic heterocycles. The molecule has 0 aromatic carbocycles. The minimum absolute atomic E-state index is 0.151. The third kappa shape index (κ3) is 3.64. The first-order valence-electron chi connectivity index (χ1n) is 12.8. The molecule has 170 valence electrons. The van der Waals surface area contributed by atoms with Gasteiger partial charge in [0.05, 0.1) is 12.2 Å². The summed E-state index contributed by atoms with van der Waals surface area (Å²) in [6.07, 6.45) is 17.1. The quantitative estimate of drug-likeness (QED) is 0.502. The topological polar surface area (TPSA) is 29.5 Å². The van der Waals surface area contributed by atoms with Crippen LogP contribution in [0.3, 0.4) is 0 Å². The van der Waals surface area contributed by atoms with E-state index in [9.17, 15) is 5.11 Å². The van der Waals surface area contributed by atoms with Crippen LogP contribution in [0.25, 0.3) is 0 Å². The molecule has 9 atom stereocenters. The van der Waals surface area contributed by atoms with Gasteiger partial charge >= 0.3 is 0 Å². The lowest BCUT2D eigenvalue weighted by molar-refractivity contribution is -0.104. The van der Waals surface area contributed by atoms with Crippen LogP contribution < -0.4 is 0 Å². The second-order valence-corrected chi connectivity index (χ2v) is 12.1. The van der Waals surface area contributed by atoms with E-state index < -0.39 is 0 Å². The van der Waals surface area contributed by atoms with Gasteiger partial charge in [0.15, 0.2) is 0 Å². The molecule has 3 saturated carbocycles. The Kier molecular flexibility index (Phi) is 6.32. The van der Waals surface area contributed by atoms with Crippen molar-refractivity contribution in [1.82, 2.24) is 0 Å². The number of hydrogen-bond acceptors (Lipinski definition) is 2. The average molecular weight is 415 g/mol. The van der Waals surface area contributed by atoms with E-state index in [1.165, 1.54) is 37.7 Å². The Morgan fingerprint density at radius 2 is 1.87 bits per heavy atom. The van der Waals surface area contributed by atoms with E-state index >= 15 is 0 Å². The summed E-state index contributed by atoms with van der Waals surface area (Å²) >= 11 is 0. The largest absolute Gasteiger partial charge is 0.393 e. The molecule has 30 heavy (non-hydrogen) atoms. The summed E-state index contributed by atoms with van der Waals surface area (Å²) in [5.41, 5.74) is 2.22. The zero-order valence-corrected chi connectivity index (χ0v) is 20.4. The van der Waals surface area contributed by atoms with Gasteiger partial charge in [-0.25, -0.2) is 0 Å². The van der Waals surface area contributed by atoms with Gasteiger partial charge in [-0.3, -0.25) is 0 Å². The number of aliphatic hydroxyl groups is 1. The molecule has 4 aliphatic rings. The Bertz CT molecular complexity index is 678. The first-order valence-corrected chi connectivity index (χ1v) is 12.8. The van der Waals surface area contributed by atoms with Crippen LogP contribution in [0.4, 0.5) is 0 Å². The molecule has 9 unspecified atom stereocenters. The molecule has 2 nitrogen and oxygen atoms in total. The third-order valence-electron chi connectivity index (χ3n) is 10.1. The van der Waals surface area contributed by atoms with Crippen molar-refractivity contribution < 1.29 is 9.84 Å². The SMILES string of the molecule is COC1C=C2CC(O)CCC2(C)C2CCC3(C)C(C(C)C=CCC(C)C)CCC3C12. The molecule has 4 rings (SSSR count). The summed E-state index contributed by atoms with van der Waals surface area (Å²) in [7, 11) is 1.91. The van der Waals surface area contributed by atoms with Crippen LogP contribution in [0.2, 0.25) is 0 Å². The van der Waals surface area contributed by atoms with Crippen LogP contribution in [0.1, 0.15) is 86.0 Å². The van der Waals surface area contributed by atoms with E-state index in [0.29, 0.717) is 17.3 Å². The predicted octanol–water partition coefficient (Wildman–Crippen LogP) is 6.79. The van der Waals surface area contributed by atoms with Crippen LogP contribution in [-0.4, -0.2) is 24.4 Å². The highest BCUT2D eigenvalue weighted by atomic mass is 16.5. The fourth-order valence-corrected chi connectivity index (χ4v) is 8.43. The van der Waals surface area contributed by atoms with Gasteiger partial charge in [0.1, 0.15) is 0 Å². The maximum Gasteiger partial charge on any atom is 0.0788 e. The van der Waals surface area contributed by atoms with E-state index in [1.54, 1.807) is 0 Å². The number of ether oxygens (including phenoxy) is 1. The van der Waals surface area contributed by atoms with E-state index in [2.05, 4.69) is 52.8 Å². The van der Waals surface area contributed by atoms with Crippen LogP contribution in [-0.2, 0) is 4.74 Å². The summed E-state index contributed by atoms with van der Waals surface area (Å²) in [5.74, 6) is 4.36. The third-order valence-corrected chi connectivity index (χ3v) is 10.1. The molecule has 1 N–H and O–H groups in total. The molecular weight excluding hydrogens is 368 g/mol. The molecule has 0 spiro atoms. The molecule has 0 amide bonds. The Labute approximate surface area is 185 Å². The minimum atomic E-state index is -0.151. The highest BCUT2D eigenvalue weighted by Gasteiger charge is 2.61. The monoisotopic (exact) mass is 414 g/mol. The molecule has 0 aromatic rings. The van der Waals surface area contributed by atoms with Gasteiger partial charge in [-0.1, -0.05) is 58.4 Å². The fraction of sp³-hybridized carbons (Fsp3) is 0.857. The maximum atomic E-state index is 10.3. The van der Waals surface area contributed by atoms with Gasteiger partial charge in [0.2, 0.25) is 0 Å². The van der Waals surface area contributed by atoms with Crippen molar-refractivity contribution in [2.24, 2.45) is 46.3 Å². The smallest absolute Gasteiger partial charge is 0.0788 e. The van der Waals surface area contributed by atoms with Gasteiger partial charge in [-0.05, 0) is 97.7 Å². The van der Waals surface area contributed by atoms with Crippen molar-refractivity contribution in [3.05, 3.63) is 23.8 Å². The highest BCUT2D eigenvalue weighted by molar-refractivity contribution is 5.28. The van der Waals surface area contributed by atoms with Gasteiger partial charge < -0.3 is 9.84 Å². The molecule has 4 aliphatic carbocycles. The first kappa shape index (κ1) is 22.6. The van der Waals surface area contributed by atoms with Crippen LogP contribution in [0, 0.1) is 46.3 Å². The minimum Gasteiger partial charge on any atom is -0.393 e. The van der Waals surface area contributed by atoms with E-state index in [0.717, 1.165) is 42.9 Å². The fourth-order valence-electron chi connectivity index (χ4n) is 8.43. The van der Waals surface area contributed by atoms with Crippen LogP contribution in [0.5, 0.6) is 0 Å². The van der Waals surface area contributed by atoms with Crippen molar-refractivity contribution in [2.45, 2.75) is 98.2 Å². The Balaban J connectivity index is 1.60. The van der Waals surface area contributed by atoms with Crippen molar-refractivity contribution in [1.29, 1.82) is 0 Å². The second-order valence-electron chi connectivity index (χ2n) is 12.1. The van der Waals surface area contributed by atoms with Crippen molar-refractivity contribution in [2.75, 3.05) is 7.11 Å². The predicted molar refractivity (Wildman–Crippen MR) is 125 cm³/mol. The van der Waals surface area contributed by atoms with Gasteiger partial charge in [0, 0.05) is 7.11 Å². The lowest BCUT2D eigenvalue weighted by Crippen LogP contribution is -2.55. The summed E-state index contributed by atoms with van der Waals surface area (Å²) in [6, 6.07) is 0. The number of aliphatic hydroxyl groups excluding tert-OH is 1. The first-order chi connectivity index (χ1) is 14.2. The summed E-state index contributed by atoms with van der Waals surface area (Å²) in [4.78, 5) is 0. The normalized spacial score (nSPS) is 47.0. The van der Waals surface area contributed by atoms with Crippen molar-refractivity contribution in [3.8, 4) is 0 Å². The zero-order chi connectivity index (χ0) is 21.7. The number of allylic oxidation sites excluding steroid dienone is 2. The number of rotatable bonds is 5. The van der Waals surface area contributed by atoms with E-state index in [1.807, 2.05) is 7.11 Å². The number of fused-ring (bicyclic) bond motifs is 5. The van der Waals surface area contributed by atoms with E-state index in [-0.39, 0.29) is 17.6 Å². The molecule has 0 bridgehead atoms. The maximum absolute atomic E-state index is 10.3. The van der Waals surface area contributed by atoms with Gasteiger partial charge in [-0.2, -0.15) is 0 Å². The lowest BCUT2D eigenvalue weighted by atomic mass is 9.46. The molecule has 3 fully saturated rings. The average Bonchev–Trinajstić information content (AvgIpc) is 3.05. The zero-order valence-electron chi connectivity index (χ0n) is 20.4. The number of methoxy groups -OCH3 is 1. The van der Waals surface area contributed by atoms with Gasteiger partial charge in [-0.15, -0.1) is 0 Å². The molecular formula is C28H46O2. The second kappa shape index (κ2) is 8.39. The Morgan fingerprint density at radius 3 is 2.57 bits per heavy atom. The van der Waals surface area contributed by atoms with Crippen LogP contribution in [0.15, 0.2) is 23.8 Å². The van der Waals surface area contributed by atoms with E-state index in [4.69, 9.17) is 4.74 Å². The Hall–Kier alpha value is -0.600. The van der Waals surface area contributed by atoms with Crippen molar-refractivity contribution >= 4 is 0 Å². The molecule has 2 heteroatoms. The molecule has 0 aromatic heterocycles. The van der Waals surface area contributed by atoms with Crippen LogP contribution >= 0.6 is 0 Å². The lowest BCUT2D eigenvalue weighted by Gasteiger charge is -2.60.